The third-order valence-electron chi connectivity index (χ3n) is 3.54. The lowest BCUT2D eigenvalue weighted by Gasteiger charge is -2.11. The Balaban J connectivity index is 1.62. The van der Waals surface area contributed by atoms with Crippen LogP contribution in [-0.2, 0) is 11.3 Å². The van der Waals surface area contributed by atoms with Gasteiger partial charge in [-0.15, -0.1) is 0 Å². The van der Waals surface area contributed by atoms with E-state index in [1.54, 1.807) is 20.3 Å². The number of ether oxygens (including phenoxy) is 1. The summed E-state index contributed by atoms with van der Waals surface area (Å²) in [6, 6.07) is 3.39. The topological polar surface area (TPSA) is 83.6 Å². The van der Waals surface area contributed by atoms with Crippen LogP contribution in [0, 0.1) is 5.92 Å². The van der Waals surface area contributed by atoms with Gasteiger partial charge in [0.25, 0.3) is 0 Å². The van der Waals surface area contributed by atoms with Gasteiger partial charge >= 0.3 is 6.03 Å². The van der Waals surface area contributed by atoms with E-state index in [0.717, 1.165) is 12.2 Å². The van der Waals surface area contributed by atoms with Crippen molar-refractivity contribution < 1.29 is 14.3 Å². The number of hydrogen-bond donors (Lipinski definition) is 2. The van der Waals surface area contributed by atoms with Crippen molar-refractivity contribution >= 4 is 11.9 Å². The molecule has 0 aliphatic heterocycles. The number of carbonyl (C=O) groups excluding carboxylic acids is 2. The molecule has 0 spiro atoms. The fourth-order valence-electron chi connectivity index (χ4n) is 1.84. The smallest absolute Gasteiger partial charge is 0.315 e. The number of urea groups is 1. The first-order chi connectivity index (χ1) is 11.0. The van der Waals surface area contributed by atoms with Crippen LogP contribution in [0.25, 0.3) is 0 Å². The largest absolute Gasteiger partial charge is 0.477 e. The van der Waals surface area contributed by atoms with Crippen LogP contribution in [0.4, 0.5) is 4.79 Å². The van der Waals surface area contributed by atoms with E-state index in [2.05, 4.69) is 15.6 Å². The average Bonchev–Trinajstić information content (AvgIpc) is 3.36. The Hall–Kier alpha value is -2.31. The molecule has 1 aromatic rings. The third-order valence-corrected chi connectivity index (χ3v) is 3.54. The van der Waals surface area contributed by atoms with Gasteiger partial charge in [0.15, 0.2) is 0 Å². The molecule has 0 unspecified atom stereocenters. The summed E-state index contributed by atoms with van der Waals surface area (Å²) in [4.78, 5) is 28.7. The number of carbonyl (C=O) groups is 2. The van der Waals surface area contributed by atoms with E-state index >= 15 is 0 Å². The van der Waals surface area contributed by atoms with Crippen molar-refractivity contribution in [1.29, 1.82) is 0 Å². The van der Waals surface area contributed by atoms with Gasteiger partial charge in [0.2, 0.25) is 11.8 Å². The van der Waals surface area contributed by atoms with Crippen LogP contribution < -0.4 is 15.4 Å². The highest BCUT2D eigenvalue weighted by Gasteiger charge is 2.22. The molecule has 7 nitrogen and oxygen atoms in total. The van der Waals surface area contributed by atoms with Crippen LogP contribution in [0.2, 0.25) is 0 Å². The zero-order valence-electron chi connectivity index (χ0n) is 13.7. The van der Waals surface area contributed by atoms with Gasteiger partial charge in [-0.05, 0) is 24.3 Å². The summed E-state index contributed by atoms with van der Waals surface area (Å²) in [7, 11) is 3.38. The number of nitrogens with one attached hydrogen (secondary N) is 2. The number of nitrogens with zero attached hydrogens (tertiary/aromatic N) is 2. The summed E-state index contributed by atoms with van der Waals surface area (Å²) in [6.07, 6.45) is 4.47. The Morgan fingerprint density at radius 3 is 2.70 bits per heavy atom. The Morgan fingerprint density at radius 2 is 2.09 bits per heavy atom. The van der Waals surface area contributed by atoms with Crippen molar-refractivity contribution in [2.24, 2.45) is 5.92 Å². The number of aromatic nitrogens is 1. The van der Waals surface area contributed by atoms with Crippen molar-refractivity contribution in [2.75, 3.05) is 27.2 Å². The molecular formula is C16H24N4O3. The van der Waals surface area contributed by atoms with Gasteiger partial charge < -0.3 is 20.3 Å². The van der Waals surface area contributed by atoms with Gasteiger partial charge in [0, 0.05) is 45.9 Å². The van der Waals surface area contributed by atoms with E-state index in [-0.39, 0.29) is 18.4 Å². The molecule has 2 N–H and O–H groups in total. The lowest BCUT2D eigenvalue weighted by atomic mass is 10.3. The molecule has 0 aromatic carbocycles. The zero-order chi connectivity index (χ0) is 16.7. The SMILES string of the molecule is CN(C)C(=O)CCNC(=O)NCc1ccc(OCC2CC2)nc1. The van der Waals surface area contributed by atoms with Crippen molar-refractivity contribution in [2.45, 2.75) is 25.8 Å². The molecule has 1 aromatic heterocycles. The first kappa shape index (κ1) is 17.1. The Labute approximate surface area is 136 Å². The summed E-state index contributed by atoms with van der Waals surface area (Å²) >= 11 is 0. The molecule has 1 heterocycles. The van der Waals surface area contributed by atoms with Gasteiger partial charge in [0.05, 0.1) is 6.61 Å². The fourth-order valence-corrected chi connectivity index (χ4v) is 1.84. The van der Waals surface area contributed by atoms with Crippen molar-refractivity contribution in [1.82, 2.24) is 20.5 Å². The highest BCUT2D eigenvalue weighted by atomic mass is 16.5. The molecular weight excluding hydrogens is 296 g/mol. The van der Waals surface area contributed by atoms with Gasteiger partial charge in [-0.25, -0.2) is 9.78 Å². The van der Waals surface area contributed by atoms with Crippen molar-refractivity contribution in [3.63, 3.8) is 0 Å². The molecule has 0 saturated heterocycles. The molecule has 1 saturated carbocycles. The summed E-state index contributed by atoms with van der Waals surface area (Å²) in [5.41, 5.74) is 0.892. The first-order valence-electron chi connectivity index (χ1n) is 7.84. The van der Waals surface area contributed by atoms with E-state index in [4.69, 9.17) is 4.74 Å². The molecule has 1 fully saturated rings. The monoisotopic (exact) mass is 320 g/mol. The number of amides is 3. The van der Waals surface area contributed by atoms with Crippen LogP contribution in [0.3, 0.4) is 0 Å². The Bertz CT molecular complexity index is 527. The maximum absolute atomic E-state index is 11.6. The van der Waals surface area contributed by atoms with Crippen LogP contribution in [-0.4, -0.2) is 49.1 Å². The van der Waals surface area contributed by atoms with Crippen LogP contribution in [0.5, 0.6) is 5.88 Å². The van der Waals surface area contributed by atoms with Crippen LogP contribution in [0.15, 0.2) is 18.3 Å². The summed E-state index contributed by atoms with van der Waals surface area (Å²) in [6.45, 7) is 1.43. The van der Waals surface area contributed by atoms with Crippen molar-refractivity contribution in [3.8, 4) is 5.88 Å². The fraction of sp³-hybridized carbons (Fsp3) is 0.562. The molecule has 3 amide bonds. The number of pyridine rings is 1. The molecule has 1 aliphatic rings. The maximum Gasteiger partial charge on any atom is 0.315 e. The molecule has 7 heteroatoms. The Kier molecular flexibility index (Phi) is 6.19. The normalized spacial score (nSPS) is 13.3. The maximum atomic E-state index is 11.6. The molecule has 0 radical (unpaired) electrons. The predicted molar refractivity (Wildman–Crippen MR) is 86.0 cm³/mol. The highest BCUT2D eigenvalue weighted by molar-refractivity contribution is 5.77. The number of hydrogen-bond acceptors (Lipinski definition) is 4. The first-order valence-corrected chi connectivity index (χ1v) is 7.84. The van der Waals surface area contributed by atoms with E-state index < -0.39 is 0 Å². The summed E-state index contributed by atoms with van der Waals surface area (Å²) in [5.74, 6) is 1.30. The second-order valence-electron chi connectivity index (χ2n) is 5.91. The molecule has 2 rings (SSSR count). The highest BCUT2D eigenvalue weighted by Crippen LogP contribution is 2.29. The average molecular weight is 320 g/mol. The van der Waals surface area contributed by atoms with Crippen LogP contribution in [0.1, 0.15) is 24.8 Å². The molecule has 23 heavy (non-hydrogen) atoms. The minimum Gasteiger partial charge on any atom is -0.477 e. The minimum atomic E-state index is -0.300. The lowest BCUT2D eigenvalue weighted by Crippen LogP contribution is -2.37. The van der Waals surface area contributed by atoms with E-state index in [0.29, 0.717) is 24.9 Å². The minimum absolute atomic E-state index is 0.0173. The second kappa shape index (κ2) is 8.36. The quantitative estimate of drug-likeness (QED) is 0.752. The van der Waals surface area contributed by atoms with Crippen LogP contribution >= 0.6 is 0 Å². The van der Waals surface area contributed by atoms with Gasteiger partial charge in [0.1, 0.15) is 0 Å². The van der Waals surface area contributed by atoms with E-state index in [1.165, 1.54) is 17.7 Å². The second-order valence-corrected chi connectivity index (χ2v) is 5.91. The van der Waals surface area contributed by atoms with Crippen molar-refractivity contribution in [3.05, 3.63) is 23.9 Å². The standard InChI is InChI=1S/C16H24N4O3/c1-20(2)15(21)7-8-17-16(22)19-10-13-5-6-14(18-9-13)23-11-12-3-4-12/h5-6,9,12H,3-4,7-8,10-11H2,1-2H3,(H2,17,19,22). The summed E-state index contributed by atoms with van der Waals surface area (Å²) < 4.78 is 5.56. The van der Waals surface area contributed by atoms with Gasteiger partial charge in [-0.3, -0.25) is 4.79 Å². The van der Waals surface area contributed by atoms with E-state index in [9.17, 15) is 9.59 Å². The zero-order valence-corrected chi connectivity index (χ0v) is 13.7. The summed E-state index contributed by atoms with van der Waals surface area (Å²) in [5, 5.41) is 5.37. The third kappa shape index (κ3) is 6.54. The molecule has 126 valence electrons. The molecule has 0 atom stereocenters. The van der Waals surface area contributed by atoms with Gasteiger partial charge in [-0.1, -0.05) is 6.07 Å². The number of rotatable bonds is 8. The molecule has 0 bridgehead atoms. The molecule has 1 aliphatic carbocycles. The van der Waals surface area contributed by atoms with E-state index in [1.807, 2.05) is 12.1 Å². The van der Waals surface area contributed by atoms with Gasteiger partial charge in [-0.2, -0.15) is 0 Å². The predicted octanol–water partition coefficient (Wildman–Crippen LogP) is 1.15. The lowest BCUT2D eigenvalue weighted by molar-refractivity contribution is -0.128. The Morgan fingerprint density at radius 1 is 1.30 bits per heavy atom.